The van der Waals surface area contributed by atoms with Crippen molar-refractivity contribution in [1.82, 2.24) is 9.78 Å². The van der Waals surface area contributed by atoms with Gasteiger partial charge in [0.25, 0.3) is 10.0 Å². The van der Waals surface area contributed by atoms with Crippen LogP contribution in [0.5, 0.6) is 0 Å². The molecule has 0 aliphatic carbocycles. The van der Waals surface area contributed by atoms with Crippen molar-refractivity contribution in [3.05, 3.63) is 70.8 Å². The van der Waals surface area contributed by atoms with Crippen molar-refractivity contribution < 1.29 is 12.8 Å². The Morgan fingerprint density at radius 1 is 1.08 bits per heavy atom. The van der Waals surface area contributed by atoms with Gasteiger partial charge in [0.1, 0.15) is 10.7 Å². The van der Waals surface area contributed by atoms with E-state index in [0.29, 0.717) is 22.1 Å². The van der Waals surface area contributed by atoms with Gasteiger partial charge in [-0.15, -0.1) is 0 Å². The molecule has 1 N–H and O–H groups in total. The zero-order chi connectivity index (χ0) is 18.2. The number of hydrogen-bond acceptors (Lipinski definition) is 3. The van der Waals surface area contributed by atoms with E-state index in [1.807, 2.05) is 0 Å². The SMILES string of the molecule is Cc1nn(-c2ccc(F)cc2)c(C)c1S(=O)(=O)Nc1ccccc1Cl. The first-order chi connectivity index (χ1) is 11.8. The van der Waals surface area contributed by atoms with Gasteiger partial charge in [0.05, 0.1) is 27.8 Å². The molecule has 1 aromatic heterocycles. The standard InChI is InChI=1S/C17H15ClFN3O2S/c1-11-17(25(23,24)21-16-6-4-3-5-15(16)18)12(2)22(20-11)14-9-7-13(19)8-10-14/h3-10,21H,1-2H3. The van der Waals surface area contributed by atoms with Gasteiger partial charge in [-0.05, 0) is 50.2 Å². The van der Waals surface area contributed by atoms with Crippen molar-refractivity contribution in [3.8, 4) is 5.69 Å². The first-order valence-corrected chi connectivity index (χ1v) is 9.25. The number of aromatic nitrogens is 2. The lowest BCUT2D eigenvalue weighted by atomic mass is 10.3. The first kappa shape index (κ1) is 17.4. The third-order valence-electron chi connectivity index (χ3n) is 3.68. The Labute approximate surface area is 150 Å². The lowest BCUT2D eigenvalue weighted by Crippen LogP contribution is -2.15. The Morgan fingerprint density at radius 2 is 1.72 bits per heavy atom. The molecular formula is C17H15ClFN3O2S. The molecule has 0 radical (unpaired) electrons. The third-order valence-corrected chi connectivity index (χ3v) is 5.63. The van der Waals surface area contributed by atoms with Crippen molar-refractivity contribution in [2.75, 3.05) is 4.72 Å². The summed E-state index contributed by atoms with van der Waals surface area (Å²) < 4.78 is 42.7. The fourth-order valence-electron chi connectivity index (χ4n) is 2.59. The number of halogens is 2. The maximum Gasteiger partial charge on any atom is 0.265 e. The minimum absolute atomic E-state index is 0.0664. The van der Waals surface area contributed by atoms with E-state index in [-0.39, 0.29) is 16.4 Å². The molecular weight excluding hydrogens is 365 g/mol. The van der Waals surface area contributed by atoms with Gasteiger partial charge in [-0.2, -0.15) is 5.10 Å². The maximum absolute atomic E-state index is 13.1. The summed E-state index contributed by atoms with van der Waals surface area (Å²) in [5.74, 6) is -0.376. The van der Waals surface area contributed by atoms with E-state index >= 15 is 0 Å². The number of nitrogens with one attached hydrogen (secondary N) is 1. The molecule has 0 fully saturated rings. The Kier molecular flexibility index (Phi) is 4.53. The van der Waals surface area contributed by atoms with Crippen LogP contribution in [-0.2, 0) is 10.0 Å². The van der Waals surface area contributed by atoms with Gasteiger partial charge in [0, 0.05) is 0 Å². The highest BCUT2D eigenvalue weighted by atomic mass is 35.5. The lowest BCUT2D eigenvalue weighted by Gasteiger charge is -2.10. The molecule has 8 heteroatoms. The number of sulfonamides is 1. The summed E-state index contributed by atoms with van der Waals surface area (Å²) in [6.07, 6.45) is 0. The zero-order valence-corrected chi connectivity index (χ0v) is 15.1. The smallest absolute Gasteiger partial charge is 0.265 e. The van der Waals surface area contributed by atoms with Crippen LogP contribution in [0.1, 0.15) is 11.4 Å². The molecule has 25 heavy (non-hydrogen) atoms. The largest absolute Gasteiger partial charge is 0.278 e. The van der Waals surface area contributed by atoms with Crippen molar-refractivity contribution in [2.45, 2.75) is 18.7 Å². The van der Waals surface area contributed by atoms with E-state index in [0.717, 1.165) is 0 Å². The minimum Gasteiger partial charge on any atom is -0.278 e. The van der Waals surface area contributed by atoms with Crippen molar-refractivity contribution in [1.29, 1.82) is 0 Å². The Morgan fingerprint density at radius 3 is 2.36 bits per heavy atom. The average molecular weight is 380 g/mol. The second kappa shape index (κ2) is 6.50. The number of hydrogen-bond donors (Lipinski definition) is 1. The summed E-state index contributed by atoms with van der Waals surface area (Å²) in [6, 6.07) is 12.2. The van der Waals surface area contributed by atoms with E-state index in [1.54, 1.807) is 38.1 Å². The van der Waals surface area contributed by atoms with Crippen LogP contribution in [0.2, 0.25) is 5.02 Å². The monoisotopic (exact) mass is 379 g/mol. The number of benzene rings is 2. The molecule has 5 nitrogen and oxygen atoms in total. The van der Waals surface area contributed by atoms with Crippen LogP contribution >= 0.6 is 11.6 Å². The van der Waals surface area contributed by atoms with E-state index in [2.05, 4.69) is 9.82 Å². The summed E-state index contributed by atoms with van der Waals surface area (Å²) in [5.41, 5.74) is 1.61. The van der Waals surface area contributed by atoms with E-state index in [1.165, 1.54) is 28.9 Å². The summed E-state index contributed by atoms with van der Waals surface area (Å²) in [5, 5.41) is 4.58. The summed E-state index contributed by atoms with van der Waals surface area (Å²) in [4.78, 5) is 0.0664. The number of nitrogens with zero attached hydrogens (tertiary/aromatic N) is 2. The van der Waals surface area contributed by atoms with Crippen LogP contribution in [0.3, 0.4) is 0 Å². The van der Waals surface area contributed by atoms with Crippen LogP contribution in [-0.4, -0.2) is 18.2 Å². The molecule has 0 unspecified atom stereocenters. The van der Waals surface area contributed by atoms with Crippen molar-refractivity contribution in [2.24, 2.45) is 0 Å². The summed E-state index contributed by atoms with van der Waals surface area (Å²) in [7, 11) is -3.88. The molecule has 0 amide bonds. The van der Waals surface area contributed by atoms with Gasteiger partial charge in [-0.1, -0.05) is 23.7 Å². The molecule has 0 aliphatic rings. The number of anilines is 1. The van der Waals surface area contributed by atoms with Gasteiger partial charge in [0.15, 0.2) is 0 Å². The van der Waals surface area contributed by atoms with Crippen LogP contribution < -0.4 is 4.72 Å². The average Bonchev–Trinajstić information content (AvgIpc) is 2.85. The minimum atomic E-state index is -3.88. The van der Waals surface area contributed by atoms with E-state index < -0.39 is 10.0 Å². The number of aryl methyl sites for hydroxylation is 1. The molecule has 0 spiro atoms. The van der Waals surface area contributed by atoms with Crippen LogP contribution in [0.25, 0.3) is 5.69 Å². The zero-order valence-electron chi connectivity index (χ0n) is 13.5. The lowest BCUT2D eigenvalue weighted by molar-refractivity contribution is 0.600. The highest BCUT2D eigenvalue weighted by molar-refractivity contribution is 7.92. The fraction of sp³-hybridized carbons (Fsp3) is 0.118. The van der Waals surface area contributed by atoms with Gasteiger partial charge < -0.3 is 0 Å². The van der Waals surface area contributed by atoms with Gasteiger partial charge >= 0.3 is 0 Å². The molecule has 130 valence electrons. The van der Waals surface area contributed by atoms with Crippen molar-refractivity contribution in [3.63, 3.8) is 0 Å². The summed E-state index contributed by atoms with van der Waals surface area (Å²) >= 11 is 6.03. The van der Waals surface area contributed by atoms with E-state index in [9.17, 15) is 12.8 Å². The quantitative estimate of drug-likeness (QED) is 0.742. The first-order valence-electron chi connectivity index (χ1n) is 7.39. The van der Waals surface area contributed by atoms with Gasteiger partial charge in [-0.3, -0.25) is 4.72 Å². The highest BCUT2D eigenvalue weighted by Crippen LogP contribution is 2.28. The Bertz CT molecular complexity index is 1030. The molecule has 3 rings (SSSR count). The molecule has 0 atom stereocenters. The van der Waals surface area contributed by atoms with Crippen LogP contribution in [0.15, 0.2) is 53.4 Å². The molecule has 2 aromatic carbocycles. The second-order valence-corrected chi connectivity index (χ2v) is 7.50. The number of para-hydroxylation sites is 1. The predicted molar refractivity (Wildman–Crippen MR) is 95.3 cm³/mol. The second-order valence-electron chi connectivity index (χ2n) is 5.47. The third kappa shape index (κ3) is 3.38. The van der Waals surface area contributed by atoms with Gasteiger partial charge in [0.2, 0.25) is 0 Å². The molecule has 0 aliphatic heterocycles. The van der Waals surface area contributed by atoms with Crippen LogP contribution in [0, 0.1) is 19.7 Å². The predicted octanol–water partition coefficient (Wildman–Crippen LogP) is 4.08. The fourth-order valence-corrected chi connectivity index (χ4v) is 4.30. The maximum atomic E-state index is 13.1. The number of rotatable bonds is 4. The molecule has 0 saturated heterocycles. The van der Waals surface area contributed by atoms with E-state index in [4.69, 9.17) is 11.6 Å². The normalized spacial score (nSPS) is 11.5. The van der Waals surface area contributed by atoms with Crippen LogP contribution in [0.4, 0.5) is 10.1 Å². The topological polar surface area (TPSA) is 64.0 Å². The molecule has 0 saturated carbocycles. The molecule has 0 bridgehead atoms. The highest BCUT2D eigenvalue weighted by Gasteiger charge is 2.25. The molecule has 3 aromatic rings. The summed E-state index contributed by atoms with van der Waals surface area (Å²) in [6.45, 7) is 3.25. The van der Waals surface area contributed by atoms with Crippen molar-refractivity contribution >= 4 is 27.3 Å². The Hall–Kier alpha value is -2.38. The Balaban J connectivity index is 2.05. The van der Waals surface area contributed by atoms with Gasteiger partial charge in [-0.25, -0.2) is 17.5 Å². The molecule has 1 heterocycles.